The molecule has 51 heavy (non-hydrogen) atoms. The molecule has 8 rings (SSSR count). The second-order valence-electron chi connectivity index (χ2n) is 13.4. The van der Waals surface area contributed by atoms with Gasteiger partial charge in [-0.25, -0.2) is 0 Å². The summed E-state index contributed by atoms with van der Waals surface area (Å²) in [6.07, 6.45) is 10.9. The number of rotatable bonds is 9. The van der Waals surface area contributed by atoms with Crippen molar-refractivity contribution in [2.45, 2.75) is 32.6 Å². The number of benzene rings is 5. The summed E-state index contributed by atoms with van der Waals surface area (Å²) < 4.78 is 13.6. The summed E-state index contributed by atoms with van der Waals surface area (Å²) in [5.74, 6) is 2.90. The highest BCUT2D eigenvalue weighted by Gasteiger charge is 2.53. The topological polar surface area (TPSA) is 21.7 Å². The van der Waals surface area contributed by atoms with Gasteiger partial charge in [0.05, 0.1) is 5.41 Å². The number of hydrogen-bond acceptors (Lipinski definition) is 3. The molecule has 250 valence electrons. The molecule has 5 aromatic rings. The van der Waals surface area contributed by atoms with Crippen molar-refractivity contribution in [1.29, 1.82) is 0 Å². The lowest BCUT2D eigenvalue weighted by Gasteiger charge is -2.31. The molecule has 0 unspecified atom stereocenters. The van der Waals surface area contributed by atoms with Crippen molar-refractivity contribution in [3.05, 3.63) is 198 Å². The lowest BCUT2D eigenvalue weighted by Crippen LogP contribution is -2.25. The van der Waals surface area contributed by atoms with E-state index >= 15 is 0 Å². The molecule has 0 fully saturated rings. The van der Waals surface area contributed by atoms with Crippen LogP contribution in [0.5, 0.6) is 23.0 Å². The summed E-state index contributed by atoms with van der Waals surface area (Å²) in [5, 5.41) is 0. The molecule has 3 heteroatoms. The van der Waals surface area contributed by atoms with Crippen molar-refractivity contribution >= 4 is 5.69 Å². The Kier molecular flexibility index (Phi) is 8.00. The standard InChI is InChI=1S/C48H41NO2/c1-7-15-31(3)22-23-32(4)33(5)24-25-34(6)49(8-2)35-26-28-43-45(30-35)51-47-44(50-43)29-27-42-46(47)38-18-11-14-21-41(38)48(42)39-19-12-9-16-36(39)37-17-10-13-20-40(37)48/h7,9-14,16-30H,1,3-4,8,15H2,2,5-6H3/b23-22-,33-24+,34-25+. The van der Waals surface area contributed by atoms with Crippen LogP contribution < -0.4 is 14.4 Å². The quantitative estimate of drug-likeness (QED) is 0.113. The predicted octanol–water partition coefficient (Wildman–Crippen LogP) is 12.8. The van der Waals surface area contributed by atoms with E-state index in [2.05, 4.69) is 155 Å². The van der Waals surface area contributed by atoms with Crippen LogP contribution in [0.25, 0.3) is 22.3 Å². The van der Waals surface area contributed by atoms with Gasteiger partial charge in [0.2, 0.25) is 0 Å². The number of hydrogen-bond donors (Lipinski definition) is 0. The zero-order chi connectivity index (χ0) is 35.3. The van der Waals surface area contributed by atoms with E-state index in [1.165, 1.54) is 38.9 Å². The third kappa shape index (κ3) is 5.03. The molecule has 1 spiro atoms. The minimum absolute atomic E-state index is 0.438. The Hall–Kier alpha value is -6.06. The molecule has 0 N–H and O–H groups in total. The average molecular weight is 664 g/mol. The van der Waals surface area contributed by atoms with Gasteiger partial charge in [-0.2, -0.15) is 0 Å². The van der Waals surface area contributed by atoms with Gasteiger partial charge in [0.25, 0.3) is 0 Å². The second kappa shape index (κ2) is 12.7. The molecule has 0 saturated heterocycles. The van der Waals surface area contributed by atoms with Gasteiger partial charge in [-0.3, -0.25) is 0 Å². The molecule has 0 radical (unpaired) electrons. The monoisotopic (exact) mass is 663 g/mol. The van der Waals surface area contributed by atoms with Gasteiger partial charge in [-0.15, -0.1) is 6.58 Å². The lowest BCUT2D eigenvalue weighted by molar-refractivity contribution is 0.360. The molecule has 2 aliphatic carbocycles. The van der Waals surface area contributed by atoms with Crippen LogP contribution >= 0.6 is 0 Å². The fourth-order valence-corrected chi connectivity index (χ4v) is 8.05. The Bertz CT molecular complexity index is 2320. The minimum atomic E-state index is -0.438. The zero-order valence-corrected chi connectivity index (χ0v) is 29.5. The minimum Gasteiger partial charge on any atom is -0.449 e. The first-order valence-electron chi connectivity index (χ1n) is 17.6. The summed E-state index contributed by atoms with van der Waals surface area (Å²) in [5.41, 5.74) is 14.7. The van der Waals surface area contributed by atoms with Crippen LogP contribution in [-0.4, -0.2) is 6.54 Å². The molecule has 0 amide bonds. The Labute approximate surface area is 301 Å². The zero-order valence-electron chi connectivity index (χ0n) is 29.5. The van der Waals surface area contributed by atoms with Crippen LogP contribution in [0.4, 0.5) is 5.69 Å². The van der Waals surface area contributed by atoms with Crippen LogP contribution in [0.1, 0.15) is 49.4 Å². The summed E-state index contributed by atoms with van der Waals surface area (Å²) in [6.45, 7) is 19.3. The van der Waals surface area contributed by atoms with Gasteiger partial charge in [-0.05, 0) is 102 Å². The Balaban J connectivity index is 1.17. The third-order valence-electron chi connectivity index (χ3n) is 10.5. The summed E-state index contributed by atoms with van der Waals surface area (Å²) in [4.78, 5) is 2.28. The molecule has 0 atom stereocenters. The highest BCUT2D eigenvalue weighted by Crippen LogP contribution is 2.66. The first kappa shape index (κ1) is 32.2. The van der Waals surface area contributed by atoms with Crippen LogP contribution in [0, 0.1) is 0 Å². The van der Waals surface area contributed by atoms with E-state index in [0.717, 1.165) is 58.1 Å². The largest absolute Gasteiger partial charge is 0.449 e. The summed E-state index contributed by atoms with van der Waals surface area (Å²) >= 11 is 0. The maximum atomic E-state index is 6.95. The normalized spacial score (nSPS) is 14.4. The highest BCUT2D eigenvalue weighted by atomic mass is 16.6. The SMILES string of the molecule is C=CCC(=C)/C=C\C(=C)/C(C)=C/C=C(\C)N(CC)c1ccc2c(c1)Oc1c(ccc3c1-c1ccccc1C31c3ccccc3-c3ccccc31)O2. The van der Waals surface area contributed by atoms with Gasteiger partial charge in [-0.1, -0.05) is 122 Å². The molecule has 1 heterocycles. The van der Waals surface area contributed by atoms with Gasteiger partial charge in [0, 0.05) is 29.6 Å². The van der Waals surface area contributed by atoms with E-state index in [0.29, 0.717) is 11.5 Å². The maximum Gasteiger partial charge on any atom is 0.178 e. The number of ether oxygens (including phenoxy) is 2. The van der Waals surface area contributed by atoms with Crippen LogP contribution in [0.2, 0.25) is 0 Å². The first-order chi connectivity index (χ1) is 24.9. The van der Waals surface area contributed by atoms with Gasteiger partial charge >= 0.3 is 0 Å². The van der Waals surface area contributed by atoms with Crippen molar-refractivity contribution in [1.82, 2.24) is 0 Å². The molecule has 3 aliphatic rings. The first-order valence-corrected chi connectivity index (χ1v) is 17.6. The van der Waals surface area contributed by atoms with Crippen LogP contribution in [0.15, 0.2) is 176 Å². The van der Waals surface area contributed by atoms with E-state index in [9.17, 15) is 0 Å². The number of nitrogens with zero attached hydrogens (tertiary/aromatic N) is 1. The van der Waals surface area contributed by atoms with Crippen molar-refractivity contribution < 1.29 is 9.47 Å². The van der Waals surface area contributed by atoms with Gasteiger partial charge < -0.3 is 14.4 Å². The molecule has 1 aliphatic heterocycles. The van der Waals surface area contributed by atoms with Gasteiger partial charge in [0.1, 0.15) is 0 Å². The summed E-state index contributed by atoms with van der Waals surface area (Å²) in [6, 6.07) is 37.0. The molecule has 3 nitrogen and oxygen atoms in total. The number of fused-ring (bicyclic) bond motifs is 13. The Morgan fingerprint density at radius 2 is 1.31 bits per heavy atom. The third-order valence-corrected chi connectivity index (χ3v) is 10.5. The van der Waals surface area contributed by atoms with Crippen molar-refractivity contribution in [2.24, 2.45) is 0 Å². The predicted molar refractivity (Wildman–Crippen MR) is 212 cm³/mol. The second-order valence-corrected chi connectivity index (χ2v) is 13.4. The van der Waals surface area contributed by atoms with E-state index in [1.807, 2.05) is 24.3 Å². The van der Waals surface area contributed by atoms with Crippen molar-refractivity contribution in [3.63, 3.8) is 0 Å². The molecular formula is C48H41NO2. The number of allylic oxidation sites excluding steroid dienone is 9. The molecule has 0 saturated carbocycles. The number of anilines is 1. The average Bonchev–Trinajstić information content (AvgIpc) is 3.63. The molecule has 5 aromatic carbocycles. The van der Waals surface area contributed by atoms with Crippen molar-refractivity contribution in [3.8, 4) is 45.3 Å². The van der Waals surface area contributed by atoms with E-state index in [1.54, 1.807) is 0 Å². The Morgan fingerprint density at radius 1 is 0.686 bits per heavy atom. The summed E-state index contributed by atoms with van der Waals surface area (Å²) in [7, 11) is 0. The lowest BCUT2D eigenvalue weighted by atomic mass is 9.70. The maximum absolute atomic E-state index is 6.95. The van der Waals surface area contributed by atoms with E-state index in [4.69, 9.17) is 9.47 Å². The van der Waals surface area contributed by atoms with E-state index < -0.39 is 5.41 Å². The van der Waals surface area contributed by atoms with Crippen LogP contribution in [-0.2, 0) is 5.41 Å². The highest BCUT2D eigenvalue weighted by molar-refractivity contribution is 5.97. The van der Waals surface area contributed by atoms with Crippen LogP contribution in [0.3, 0.4) is 0 Å². The fraction of sp³-hybridized carbons (Fsp3) is 0.125. The smallest absolute Gasteiger partial charge is 0.178 e. The molecular weight excluding hydrogens is 623 g/mol. The molecule has 0 bridgehead atoms. The molecule has 0 aromatic heterocycles. The Morgan fingerprint density at radius 3 is 1.98 bits per heavy atom. The fourth-order valence-electron chi connectivity index (χ4n) is 8.05. The van der Waals surface area contributed by atoms with Gasteiger partial charge in [0.15, 0.2) is 23.0 Å². The van der Waals surface area contributed by atoms with E-state index in [-0.39, 0.29) is 0 Å². The van der Waals surface area contributed by atoms with Crippen molar-refractivity contribution in [2.75, 3.05) is 11.4 Å².